The summed E-state index contributed by atoms with van der Waals surface area (Å²) >= 11 is 0. The van der Waals surface area contributed by atoms with Crippen molar-refractivity contribution in [3.05, 3.63) is 64.8 Å². The van der Waals surface area contributed by atoms with Crippen LogP contribution in [-0.2, 0) is 4.79 Å². The molecule has 1 unspecified atom stereocenters. The van der Waals surface area contributed by atoms with Crippen LogP contribution in [0, 0.1) is 6.92 Å². The minimum atomic E-state index is -0.680. The van der Waals surface area contributed by atoms with E-state index in [9.17, 15) is 14.7 Å². The average molecular weight is 424 g/mol. The van der Waals surface area contributed by atoms with Crippen LogP contribution in [0.15, 0.2) is 52.1 Å². The zero-order valence-corrected chi connectivity index (χ0v) is 18.0. The van der Waals surface area contributed by atoms with Gasteiger partial charge in [-0.15, -0.1) is 0 Å². The highest BCUT2D eigenvalue weighted by Gasteiger charge is 2.44. The Balaban J connectivity index is 1.67. The Hall–Kier alpha value is -3.06. The molecular weight excluding hydrogens is 396 g/mol. The maximum Gasteiger partial charge on any atom is 0.290 e. The second kappa shape index (κ2) is 8.98. The molecule has 2 aliphatic rings. The first-order chi connectivity index (χ1) is 15.0. The molecule has 1 fully saturated rings. The summed E-state index contributed by atoms with van der Waals surface area (Å²) in [4.78, 5) is 30.2. The molecule has 1 atom stereocenters. The number of aryl methyl sites for hydroxylation is 1. The molecule has 0 bridgehead atoms. The molecule has 1 aromatic heterocycles. The number of carbonyl (C=O) groups is 2. The molecule has 3 heterocycles. The number of hydrogen-bond acceptors (Lipinski definition) is 6. The van der Waals surface area contributed by atoms with E-state index in [0.717, 1.165) is 31.5 Å². The Labute approximate surface area is 181 Å². The Morgan fingerprint density at radius 2 is 1.81 bits per heavy atom. The topological polar surface area (TPSA) is 83.2 Å². The third-order valence-electron chi connectivity index (χ3n) is 6.05. The summed E-state index contributed by atoms with van der Waals surface area (Å²) in [5.41, 5.74) is 0.798. The van der Waals surface area contributed by atoms with E-state index in [4.69, 9.17) is 9.15 Å². The van der Waals surface area contributed by atoms with Crippen LogP contribution in [-0.4, -0.2) is 59.9 Å². The molecule has 7 nitrogen and oxygen atoms in total. The summed E-state index contributed by atoms with van der Waals surface area (Å²) in [7, 11) is 1.58. The lowest BCUT2D eigenvalue weighted by atomic mass is 9.95. The number of carbonyl (C=O) groups excluding carboxylic acids is 2. The van der Waals surface area contributed by atoms with Gasteiger partial charge in [0.15, 0.2) is 11.5 Å². The van der Waals surface area contributed by atoms with Gasteiger partial charge in [0, 0.05) is 13.1 Å². The number of Topliss-reactive ketones (excluding diaryl/α,β-unsaturated/α-hetero) is 1. The van der Waals surface area contributed by atoms with E-state index in [1.807, 2.05) is 12.1 Å². The lowest BCUT2D eigenvalue weighted by Crippen LogP contribution is -2.40. The van der Waals surface area contributed by atoms with Crippen molar-refractivity contribution < 1.29 is 23.8 Å². The van der Waals surface area contributed by atoms with Crippen LogP contribution in [0.3, 0.4) is 0 Å². The van der Waals surface area contributed by atoms with Gasteiger partial charge in [-0.1, -0.05) is 18.6 Å². The van der Waals surface area contributed by atoms with Crippen LogP contribution in [0.1, 0.15) is 47.2 Å². The van der Waals surface area contributed by atoms with Crippen LogP contribution in [0.4, 0.5) is 0 Å². The third-order valence-corrected chi connectivity index (χ3v) is 6.05. The smallest absolute Gasteiger partial charge is 0.290 e. The first-order valence-electron chi connectivity index (χ1n) is 10.7. The van der Waals surface area contributed by atoms with Gasteiger partial charge >= 0.3 is 0 Å². The van der Waals surface area contributed by atoms with Crippen LogP contribution < -0.4 is 4.74 Å². The van der Waals surface area contributed by atoms with Gasteiger partial charge in [0.05, 0.1) is 18.7 Å². The molecule has 1 aromatic carbocycles. The normalized spacial score (nSPS) is 19.9. The minimum absolute atomic E-state index is 0.0585. The number of nitrogens with zero attached hydrogens (tertiary/aromatic N) is 2. The summed E-state index contributed by atoms with van der Waals surface area (Å²) in [6.07, 6.45) is 3.54. The number of likely N-dealkylation sites (tertiary alicyclic amines) is 1. The molecule has 0 saturated carbocycles. The third kappa shape index (κ3) is 4.23. The Bertz CT molecular complexity index is 986. The van der Waals surface area contributed by atoms with Crippen molar-refractivity contribution in [2.75, 3.05) is 33.3 Å². The highest BCUT2D eigenvalue weighted by atomic mass is 16.5. The molecular formula is C24H28N2O5. The number of ether oxygens (including phenoxy) is 1. The predicted molar refractivity (Wildman–Crippen MR) is 115 cm³/mol. The standard InChI is InChI=1S/C24H28N2O5/c1-16-6-11-19(31-16)22(27)20-21(17-7-9-18(30-2)10-8-17)26(24(29)23(20)28)15-14-25-12-4-3-5-13-25/h6-11,21,28H,3-5,12-15H2,1-2H3. The van der Waals surface area contributed by atoms with Gasteiger partial charge in [0.1, 0.15) is 11.5 Å². The lowest BCUT2D eigenvalue weighted by molar-refractivity contribution is -0.129. The molecule has 164 valence electrons. The van der Waals surface area contributed by atoms with E-state index in [1.165, 1.54) is 6.42 Å². The van der Waals surface area contributed by atoms with Gasteiger partial charge in [-0.3, -0.25) is 9.59 Å². The van der Waals surface area contributed by atoms with Crippen LogP contribution in [0.5, 0.6) is 5.75 Å². The van der Waals surface area contributed by atoms with E-state index < -0.39 is 23.5 Å². The zero-order chi connectivity index (χ0) is 22.0. The molecule has 4 rings (SSSR count). The summed E-state index contributed by atoms with van der Waals surface area (Å²) < 4.78 is 10.7. The van der Waals surface area contributed by atoms with Crippen LogP contribution in [0.25, 0.3) is 0 Å². The number of rotatable bonds is 7. The van der Waals surface area contributed by atoms with Crippen molar-refractivity contribution in [1.82, 2.24) is 9.80 Å². The fourth-order valence-corrected chi connectivity index (χ4v) is 4.37. The lowest BCUT2D eigenvalue weighted by Gasteiger charge is -2.31. The van der Waals surface area contributed by atoms with Gasteiger partial charge in [0.2, 0.25) is 5.78 Å². The maximum absolute atomic E-state index is 13.2. The van der Waals surface area contributed by atoms with E-state index >= 15 is 0 Å². The van der Waals surface area contributed by atoms with Crippen molar-refractivity contribution in [3.8, 4) is 5.75 Å². The number of methoxy groups -OCH3 is 1. The number of piperidine rings is 1. The zero-order valence-electron chi connectivity index (χ0n) is 18.0. The van der Waals surface area contributed by atoms with Crippen LogP contribution >= 0.6 is 0 Å². The Morgan fingerprint density at radius 3 is 2.42 bits per heavy atom. The van der Waals surface area contributed by atoms with Crippen LogP contribution in [0.2, 0.25) is 0 Å². The number of hydrogen-bond donors (Lipinski definition) is 1. The molecule has 2 aromatic rings. The number of ketones is 1. The molecule has 2 aliphatic heterocycles. The Morgan fingerprint density at radius 1 is 1.10 bits per heavy atom. The first-order valence-corrected chi connectivity index (χ1v) is 10.7. The molecule has 1 saturated heterocycles. The molecule has 31 heavy (non-hydrogen) atoms. The second-order valence-electron chi connectivity index (χ2n) is 8.08. The number of amides is 1. The van der Waals surface area contributed by atoms with E-state index in [0.29, 0.717) is 24.6 Å². The second-order valence-corrected chi connectivity index (χ2v) is 8.08. The van der Waals surface area contributed by atoms with Gasteiger partial charge in [0.25, 0.3) is 5.91 Å². The fraction of sp³-hybridized carbons (Fsp3) is 0.417. The largest absolute Gasteiger partial charge is 0.503 e. The quantitative estimate of drug-likeness (QED) is 0.683. The summed E-state index contributed by atoms with van der Waals surface area (Å²) in [5.74, 6) is -0.113. The predicted octanol–water partition coefficient (Wildman–Crippen LogP) is 3.66. The first kappa shape index (κ1) is 21.2. The average Bonchev–Trinajstić information content (AvgIpc) is 3.34. The molecule has 0 aliphatic carbocycles. The Kier molecular flexibility index (Phi) is 6.13. The van der Waals surface area contributed by atoms with Crippen molar-refractivity contribution >= 4 is 11.7 Å². The van der Waals surface area contributed by atoms with Crippen molar-refractivity contribution in [3.63, 3.8) is 0 Å². The molecule has 7 heteroatoms. The maximum atomic E-state index is 13.2. The summed E-state index contributed by atoms with van der Waals surface area (Å²) in [5, 5.41) is 10.7. The number of benzene rings is 1. The highest BCUT2D eigenvalue weighted by molar-refractivity contribution is 6.15. The van der Waals surface area contributed by atoms with Crippen molar-refractivity contribution in [1.29, 1.82) is 0 Å². The van der Waals surface area contributed by atoms with Gasteiger partial charge in [-0.25, -0.2) is 0 Å². The van der Waals surface area contributed by atoms with Crippen molar-refractivity contribution in [2.24, 2.45) is 0 Å². The minimum Gasteiger partial charge on any atom is -0.503 e. The number of aliphatic hydroxyl groups is 1. The van der Waals surface area contributed by atoms with E-state index in [1.54, 1.807) is 43.2 Å². The van der Waals surface area contributed by atoms with E-state index in [-0.39, 0.29) is 11.3 Å². The molecule has 0 radical (unpaired) electrons. The summed E-state index contributed by atoms with van der Waals surface area (Å²) in [6, 6.07) is 9.81. The van der Waals surface area contributed by atoms with Gasteiger partial charge in [-0.05, 0) is 62.7 Å². The van der Waals surface area contributed by atoms with Crippen molar-refractivity contribution in [2.45, 2.75) is 32.2 Å². The van der Waals surface area contributed by atoms with Gasteiger partial charge in [-0.2, -0.15) is 0 Å². The fourth-order valence-electron chi connectivity index (χ4n) is 4.37. The monoisotopic (exact) mass is 424 g/mol. The highest BCUT2D eigenvalue weighted by Crippen LogP contribution is 2.39. The summed E-state index contributed by atoms with van der Waals surface area (Å²) in [6.45, 7) is 4.88. The SMILES string of the molecule is COc1ccc(C2C(C(=O)c3ccc(C)o3)=C(O)C(=O)N2CCN2CCCCC2)cc1. The molecule has 1 N–H and O–H groups in total. The van der Waals surface area contributed by atoms with E-state index in [2.05, 4.69) is 4.90 Å². The number of furan rings is 1. The molecule has 0 spiro atoms. The van der Waals surface area contributed by atoms with Gasteiger partial charge < -0.3 is 24.1 Å². The molecule has 1 amide bonds. The number of aliphatic hydroxyl groups excluding tert-OH is 1.